The molecular formula is C15H15ClN2O5. The number of aromatic nitrogens is 1. The molecule has 1 aromatic heterocycles. The number of hydrogen-bond acceptors (Lipinski definition) is 4. The smallest absolute Gasteiger partial charge is 0.326 e. The number of benzene rings is 1. The minimum atomic E-state index is -1.23. The maximum atomic E-state index is 12.3. The van der Waals surface area contributed by atoms with Gasteiger partial charge in [-0.05, 0) is 18.6 Å². The molecule has 2 rings (SSSR count). The fourth-order valence-electron chi connectivity index (χ4n) is 2.30. The summed E-state index contributed by atoms with van der Waals surface area (Å²) in [6, 6.07) is 3.55. The lowest BCUT2D eigenvalue weighted by atomic mass is 10.1. The molecule has 0 bridgehead atoms. The van der Waals surface area contributed by atoms with Gasteiger partial charge in [0.2, 0.25) is 0 Å². The molecule has 2 aromatic rings. The van der Waals surface area contributed by atoms with Crippen LogP contribution in [-0.2, 0) is 11.8 Å². The first-order valence-corrected chi connectivity index (χ1v) is 7.21. The van der Waals surface area contributed by atoms with E-state index in [1.54, 1.807) is 19.1 Å². The summed E-state index contributed by atoms with van der Waals surface area (Å²) in [4.78, 5) is 35.6. The number of halogens is 1. The number of carboxylic acid groups (broad SMARTS) is 1. The van der Waals surface area contributed by atoms with E-state index < -0.39 is 34.8 Å². The number of aliphatic carboxylic acids is 1. The number of aryl methyl sites for hydroxylation is 1. The Morgan fingerprint density at radius 2 is 2.04 bits per heavy atom. The number of carboxylic acids is 1. The van der Waals surface area contributed by atoms with Gasteiger partial charge < -0.3 is 20.1 Å². The number of rotatable bonds is 4. The van der Waals surface area contributed by atoms with Crippen molar-refractivity contribution in [3.8, 4) is 5.75 Å². The number of nitrogens with one attached hydrogen (secondary N) is 1. The van der Waals surface area contributed by atoms with Crippen molar-refractivity contribution in [3.05, 3.63) is 39.1 Å². The summed E-state index contributed by atoms with van der Waals surface area (Å²) < 4.78 is 1.18. The van der Waals surface area contributed by atoms with E-state index >= 15 is 0 Å². The molecule has 0 aliphatic rings. The number of amides is 1. The van der Waals surface area contributed by atoms with Gasteiger partial charge in [0.25, 0.3) is 11.5 Å². The van der Waals surface area contributed by atoms with Gasteiger partial charge in [0, 0.05) is 7.05 Å². The lowest BCUT2D eigenvalue weighted by Crippen LogP contribution is -2.42. The summed E-state index contributed by atoms with van der Waals surface area (Å²) in [5, 5.41) is 21.9. The maximum Gasteiger partial charge on any atom is 0.326 e. The van der Waals surface area contributed by atoms with Crippen LogP contribution >= 0.6 is 11.6 Å². The molecule has 3 N–H and O–H groups in total. The number of pyridine rings is 1. The van der Waals surface area contributed by atoms with Gasteiger partial charge in [-0.1, -0.05) is 24.6 Å². The average Bonchev–Trinajstić information content (AvgIpc) is 2.49. The molecular weight excluding hydrogens is 324 g/mol. The van der Waals surface area contributed by atoms with E-state index in [0.717, 1.165) is 0 Å². The molecule has 1 aromatic carbocycles. The molecule has 1 heterocycles. The number of fused-ring (bicyclic) bond motifs is 1. The molecule has 1 amide bonds. The summed E-state index contributed by atoms with van der Waals surface area (Å²) in [6.07, 6.45) is 0.135. The zero-order valence-corrected chi connectivity index (χ0v) is 13.2. The van der Waals surface area contributed by atoms with Gasteiger partial charge in [-0.3, -0.25) is 9.59 Å². The summed E-state index contributed by atoms with van der Waals surface area (Å²) in [6.45, 7) is 1.58. The summed E-state index contributed by atoms with van der Waals surface area (Å²) in [5.41, 5.74) is -0.912. The number of aromatic hydroxyl groups is 1. The predicted molar refractivity (Wildman–Crippen MR) is 85.0 cm³/mol. The zero-order chi connectivity index (χ0) is 17.3. The zero-order valence-electron chi connectivity index (χ0n) is 12.5. The number of carbonyl (C=O) groups is 2. The highest BCUT2D eigenvalue weighted by Gasteiger charge is 2.26. The van der Waals surface area contributed by atoms with E-state index in [0.29, 0.717) is 5.52 Å². The first-order chi connectivity index (χ1) is 10.8. The van der Waals surface area contributed by atoms with Crippen molar-refractivity contribution < 1.29 is 19.8 Å². The Kier molecular flexibility index (Phi) is 4.60. The van der Waals surface area contributed by atoms with Crippen LogP contribution in [0.5, 0.6) is 5.75 Å². The SMILES string of the molecule is CC[C@H](NC(=O)c1c(O)c2c(Cl)cccc2n(C)c1=O)C(=O)O. The van der Waals surface area contributed by atoms with Gasteiger partial charge in [-0.25, -0.2) is 4.79 Å². The van der Waals surface area contributed by atoms with Crippen molar-refractivity contribution in [1.82, 2.24) is 9.88 Å². The van der Waals surface area contributed by atoms with Gasteiger partial charge in [-0.15, -0.1) is 0 Å². The Bertz CT molecular complexity index is 859. The lowest BCUT2D eigenvalue weighted by molar-refractivity contribution is -0.139. The quantitative estimate of drug-likeness (QED) is 0.782. The fraction of sp³-hybridized carbons (Fsp3) is 0.267. The van der Waals surface area contributed by atoms with E-state index in [9.17, 15) is 19.5 Å². The van der Waals surface area contributed by atoms with Crippen molar-refractivity contribution in [1.29, 1.82) is 0 Å². The van der Waals surface area contributed by atoms with Gasteiger partial charge in [0.1, 0.15) is 17.4 Å². The highest BCUT2D eigenvalue weighted by atomic mass is 35.5. The maximum absolute atomic E-state index is 12.3. The van der Waals surface area contributed by atoms with Gasteiger partial charge in [-0.2, -0.15) is 0 Å². The molecule has 0 saturated heterocycles. The molecule has 0 spiro atoms. The third-order valence-corrected chi connectivity index (χ3v) is 3.90. The molecule has 0 aliphatic heterocycles. The van der Waals surface area contributed by atoms with Crippen LogP contribution in [0.2, 0.25) is 5.02 Å². The first kappa shape index (κ1) is 16.8. The molecule has 0 fully saturated rings. The minimum Gasteiger partial charge on any atom is -0.506 e. The third kappa shape index (κ3) is 2.87. The fourth-order valence-corrected chi connectivity index (χ4v) is 2.56. The second-order valence-corrected chi connectivity index (χ2v) is 5.40. The predicted octanol–water partition coefficient (Wildman–Crippen LogP) is 1.49. The molecule has 0 aliphatic carbocycles. The van der Waals surface area contributed by atoms with Gasteiger partial charge >= 0.3 is 5.97 Å². The Morgan fingerprint density at radius 1 is 1.39 bits per heavy atom. The van der Waals surface area contributed by atoms with Crippen molar-refractivity contribution in [2.75, 3.05) is 0 Å². The normalized spacial score (nSPS) is 12.1. The molecule has 1 atom stereocenters. The largest absolute Gasteiger partial charge is 0.506 e. The highest BCUT2D eigenvalue weighted by molar-refractivity contribution is 6.36. The summed E-state index contributed by atoms with van der Waals surface area (Å²) >= 11 is 6.05. The number of carbonyl (C=O) groups excluding carboxylic acids is 1. The highest BCUT2D eigenvalue weighted by Crippen LogP contribution is 2.32. The van der Waals surface area contributed by atoms with Crippen molar-refractivity contribution in [2.45, 2.75) is 19.4 Å². The Labute approximate surface area is 136 Å². The second-order valence-electron chi connectivity index (χ2n) is 4.99. The molecule has 0 unspecified atom stereocenters. The van der Waals surface area contributed by atoms with Crippen LogP contribution in [0.25, 0.3) is 10.9 Å². The van der Waals surface area contributed by atoms with E-state index in [2.05, 4.69) is 5.32 Å². The summed E-state index contributed by atoms with van der Waals surface area (Å²) in [5.74, 6) is -2.75. The lowest BCUT2D eigenvalue weighted by Gasteiger charge is -2.15. The standard InChI is InChI=1S/C15H15ClN2O5/c1-3-8(15(22)23)17-13(20)11-12(19)10-7(16)5-4-6-9(10)18(2)14(11)21/h4-6,8,19H,3H2,1-2H3,(H,17,20)(H,22,23)/t8-/m0/s1. The van der Waals surface area contributed by atoms with Crippen molar-refractivity contribution in [2.24, 2.45) is 7.05 Å². The molecule has 23 heavy (non-hydrogen) atoms. The Hall–Kier alpha value is -2.54. The third-order valence-electron chi connectivity index (χ3n) is 3.58. The number of hydrogen-bond donors (Lipinski definition) is 3. The van der Waals surface area contributed by atoms with Crippen LogP contribution in [0.4, 0.5) is 0 Å². The molecule has 8 heteroatoms. The summed E-state index contributed by atoms with van der Waals surface area (Å²) in [7, 11) is 1.44. The van der Waals surface area contributed by atoms with Crippen LogP contribution in [0.15, 0.2) is 23.0 Å². The Morgan fingerprint density at radius 3 is 2.61 bits per heavy atom. The molecule has 7 nitrogen and oxygen atoms in total. The van der Waals surface area contributed by atoms with Crippen LogP contribution in [0, 0.1) is 0 Å². The van der Waals surface area contributed by atoms with Crippen LogP contribution in [0.1, 0.15) is 23.7 Å². The van der Waals surface area contributed by atoms with Crippen LogP contribution in [0.3, 0.4) is 0 Å². The number of nitrogens with zero attached hydrogens (tertiary/aromatic N) is 1. The monoisotopic (exact) mass is 338 g/mol. The minimum absolute atomic E-state index is 0.135. The van der Waals surface area contributed by atoms with Crippen LogP contribution < -0.4 is 10.9 Å². The van der Waals surface area contributed by atoms with E-state index in [-0.39, 0.29) is 16.8 Å². The first-order valence-electron chi connectivity index (χ1n) is 6.83. The molecule has 0 radical (unpaired) electrons. The van der Waals surface area contributed by atoms with Gasteiger partial charge in [0.15, 0.2) is 0 Å². The molecule has 0 saturated carbocycles. The van der Waals surface area contributed by atoms with Crippen molar-refractivity contribution >= 4 is 34.4 Å². The van der Waals surface area contributed by atoms with Crippen LogP contribution in [-0.4, -0.2) is 32.7 Å². The molecule has 122 valence electrons. The Balaban J connectivity index is 2.66. The topological polar surface area (TPSA) is 109 Å². The second kappa shape index (κ2) is 6.29. The van der Waals surface area contributed by atoms with Crippen molar-refractivity contribution in [3.63, 3.8) is 0 Å². The van der Waals surface area contributed by atoms with E-state index in [1.165, 1.54) is 17.7 Å². The van der Waals surface area contributed by atoms with Gasteiger partial charge in [0.05, 0.1) is 15.9 Å². The average molecular weight is 339 g/mol. The van der Waals surface area contributed by atoms with E-state index in [1.807, 2.05) is 0 Å². The van der Waals surface area contributed by atoms with E-state index in [4.69, 9.17) is 16.7 Å².